The maximum atomic E-state index is 11.9. The van der Waals surface area contributed by atoms with E-state index in [0.29, 0.717) is 13.2 Å². The SMILES string of the molecule is CCOc1ccc(C[NH+](C)CC(=O)NNC(=O)c2ccco2)cc1. The van der Waals surface area contributed by atoms with Gasteiger partial charge in [0.15, 0.2) is 12.3 Å². The van der Waals surface area contributed by atoms with Crippen molar-refractivity contribution in [1.82, 2.24) is 10.9 Å². The Morgan fingerprint density at radius 2 is 1.92 bits per heavy atom. The van der Waals surface area contributed by atoms with E-state index in [1.807, 2.05) is 38.2 Å². The fraction of sp³-hybridized carbons (Fsp3) is 0.294. The summed E-state index contributed by atoms with van der Waals surface area (Å²) in [6.45, 7) is 3.49. The number of carbonyl (C=O) groups is 2. The third-order valence-electron chi connectivity index (χ3n) is 3.26. The van der Waals surface area contributed by atoms with Crippen molar-refractivity contribution in [1.29, 1.82) is 0 Å². The number of furan rings is 1. The van der Waals surface area contributed by atoms with E-state index in [-0.39, 0.29) is 18.2 Å². The molecule has 0 aliphatic heterocycles. The average molecular weight is 332 g/mol. The van der Waals surface area contributed by atoms with Gasteiger partial charge in [0.1, 0.15) is 12.3 Å². The molecule has 1 unspecified atom stereocenters. The zero-order valence-electron chi connectivity index (χ0n) is 13.8. The lowest BCUT2D eigenvalue weighted by atomic mass is 10.2. The fourth-order valence-corrected chi connectivity index (χ4v) is 2.20. The zero-order valence-corrected chi connectivity index (χ0v) is 13.8. The molecule has 0 aliphatic rings. The van der Waals surface area contributed by atoms with Gasteiger partial charge >= 0.3 is 5.91 Å². The number of carbonyl (C=O) groups excluding carboxylic acids is 2. The minimum absolute atomic E-state index is 0.144. The van der Waals surface area contributed by atoms with Gasteiger partial charge in [-0.1, -0.05) is 0 Å². The molecule has 0 bridgehead atoms. The molecule has 0 spiro atoms. The number of amides is 2. The van der Waals surface area contributed by atoms with Crippen molar-refractivity contribution in [3.8, 4) is 5.75 Å². The summed E-state index contributed by atoms with van der Waals surface area (Å²) >= 11 is 0. The molecule has 2 aromatic rings. The number of nitrogens with one attached hydrogen (secondary N) is 3. The number of benzene rings is 1. The Morgan fingerprint density at radius 3 is 2.54 bits per heavy atom. The molecule has 24 heavy (non-hydrogen) atoms. The number of rotatable bonds is 7. The maximum absolute atomic E-state index is 11.9. The summed E-state index contributed by atoms with van der Waals surface area (Å²) in [5.74, 6) is 0.207. The quantitative estimate of drug-likeness (QED) is 0.630. The lowest BCUT2D eigenvalue weighted by molar-refractivity contribution is -0.885. The molecule has 1 aromatic carbocycles. The number of hydrogen-bond acceptors (Lipinski definition) is 4. The van der Waals surface area contributed by atoms with E-state index < -0.39 is 5.91 Å². The molecule has 0 fully saturated rings. The van der Waals surface area contributed by atoms with Gasteiger partial charge in [-0.25, -0.2) is 0 Å². The highest BCUT2D eigenvalue weighted by atomic mass is 16.5. The van der Waals surface area contributed by atoms with E-state index in [9.17, 15) is 9.59 Å². The minimum atomic E-state index is -0.488. The number of ether oxygens (including phenoxy) is 1. The predicted octanol–water partition coefficient (Wildman–Crippen LogP) is 0.154. The molecular formula is C17H22N3O4+. The summed E-state index contributed by atoms with van der Waals surface area (Å²) in [6.07, 6.45) is 1.39. The van der Waals surface area contributed by atoms with Crippen LogP contribution < -0.4 is 20.5 Å². The minimum Gasteiger partial charge on any atom is -0.494 e. The zero-order chi connectivity index (χ0) is 17.4. The monoisotopic (exact) mass is 332 g/mol. The van der Waals surface area contributed by atoms with Crippen LogP contribution in [0.25, 0.3) is 0 Å². The third kappa shape index (κ3) is 5.44. The first kappa shape index (κ1) is 17.6. The van der Waals surface area contributed by atoms with Gasteiger partial charge in [-0.05, 0) is 43.3 Å². The van der Waals surface area contributed by atoms with Gasteiger partial charge in [0, 0.05) is 5.56 Å². The molecule has 1 aromatic heterocycles. The summed E-state index contributed by atoms with van der Waals surface area (Å²) in [6, 6.07) is 10.9. The average Bonchev–Trinajstić information content (AvgIpc) is 3.09. The second-order valence-electron chi connectivity index (χ2n) is 5.37. The van der Waals surface area contributed by atoms with E-state index in [0.717, 1.165) is 16.2 Å². The highest BCUT2D eigenvalue weighted by Crippen LogP contribution is 2.11. The van der Waals surface area contributed by atoms with E-state index in [4.69, 9.17) is 9.15 Å². The normalized spacial score (nSPS) is 11.6. The van der Waals surface area contributed by atoms with Crippen molar-refractivity contribution in [3.63, 3.8) is 0 Å². The number of quaternary nitrogens is 1. The molecule has 7 heteroatoms. The molecule has 7 nitrogen and oxygen atoms in total. The highest BCUT2D eigenvalue weighted by Gasteiger charge is 2.13. The Labute approximate surface area is 140 Å². The lowest BCUT2D eigenvalue weighted by Crippen LogP contribution is -3.09. The van der Waals surface area contributed by atoms with Crippen LogP contribution in [0.4, 0.5) is 0 Å². The van der Waals surface area contributed by atoms with Crippen molar-refractivity contribution in [2.24, 2.45) is 0 Å². The maximum Gasteiger partial charge on any atom is 0.305 e. The smallest absolute Gasteiger partial charge is 0.305 e. The Bertz CT molecular complexity index is 653. The molecular weight excluding hydrogens is 310 g/mol. The van der Waals surface area contributed by atoms with Crippen LogP contribution in [0.2, 0.25) is 0 Å². The molecule has 1 heterocycles. The molecule has 2 amide bonds. The van der Waals surface area contributed by atoms with Crippen molar-refractivity contribution in [3.05, 3.63) is 54.0 Å². The molecule has 0 saturated carbocycles. The Kier molecular flexibility index (Phi) is 6.39. The van der Waals surface area contributed by atoms with Crippen molar-refractivity contribution >= 4 is 11.8 Å². The highest BCUT2D eigenvalue weighted by molar-refractivity contribution is 5.92. The molecule has 3 N–H and O–H groups in total. The predicted molar refractivity (Wildman–Crippen MR) is 87.4 cm³/mol. The molecule has 0 aliphatic carbocycles. The first-order valence-corrected chi connectivity index (χ1v) is 7.74. The van der Waals surface area contributed by atoms with E-state index in [2.05, 4.69) is 10.9 Å². The summed E-state index contributed by atoms with van der Waals surface area (Å²) in [5, 5.41) is 0. The number of hydrazine groups is 1. The van der Waals surface area contributed by atoms with Crippen LogP contribution >= 0.6 is 0 Å². The lowest BCUT2D eigenvalue weighted by Gasteiger charge is -2.14. The van der Waals surface area contributed by atoms with Crippen LogP contribution in [0, 0.1) is 0 Å². The number of likely N-dealkylation sites (N-methyl/N-ethyl adjacent to an activating group) is 1. The van der Waals surface area contributed by atoms with Gasteiger partial charge in [-0.2, -0.15) is 0 Å². The van der Waals surface area contributed by atoms with Crippen molar-refractivity contribution in [2.75, 3.05) is 20.2 Å². The van der Waals surface area contributed by atoms with Crippen LogP contribution in [-0.4, -0.2) is 32.0 Å². The summed E-state index contributed by atoms with van der Waals surface area (Å²) in [7, 11) is 1.91. The standard InChI is InChI=1S/C17H21N3O4/c1-3-23-14-8-6-13(7-9-14)11-20(2)12-16(21)18-19-17(22)15-5-4-10-24-15/h4-10H,3,11-12H2,1-2H3,(H,18,21)(H,19,22)/p+1. The summed E-state index contributed by atoms with van der Waals surface area (Å²) < 4.78 is 10.3. The largest absolute Gasteiger partial charge is 0.494 e. The summed E-state index contributed by atoms with van der Waals surface area (Å²) in [5.41, 5.74) is 5.79. The fourth-order valence-electron chi connectivity index (χ4n) is 2.20. The first-order valence-electron chi connectivity index (χ1n) is 7.74. The van der Waals surface area contributed by atoms with Crippen LogP contribution in [-0.2, 0) is 11.3 Å². The van der Waals surface area contributed by atoms with E-state index in [1.165, 1.54) is 12.3 Å². The Balaban J connectivity index is 1.73. The first-order chi connectivity index (χ1) is 11.6. The molecule has 2 rings (SSSR count). The molecule has 1 atom stereocenters. The van der Waals surface area contributed by atoms with Gasteiger partial charge in [-0.3, -0.25) is 20.4 Å². The van der Waals surface area contributed by atoms with Crippen LogP contribution in [0.3, 0.4) is 0 Å². The molecule has 128 valence electrons. The van der Waals surface area contributed by atoms with Gasteiger partial charge < -0.3 is 14.1 Å². The van der Waals surface area contributed by atoms with E-state index in [1.54, 1.807) is 6.07 Å². The summed E-state index contributed by atoms with van der Waals surface area (Å²) in [4.78, 5) is 24.5. The second-order valence-corrected chi connectivity index (χ2v) is 5.37. The molecule has 0 radical (unpaired) electrons. The number of hydrogen-bond donors (Lipinski definition) is 3. The van der Waals surface area contributed by atoms with Gasteiger partial charge in [0.05, 0.1) is 19.9 Å². The van der Waals surface area contributed by atoms with Crippen molar-refractivity contribution in [2.45, 2.75) is 13.5 Å². The van der Waals surface area contributed by atoms with Crippen LogP contribution in [0.1, 0.15) is 23.0 Å². The molecule has 0 saturated heterocycles. The van der Waals surface area contributed by atoms with Crippen LogP contribution in [0.15, 0.2) is 47.1 Å². The van der Waals surface area contributed by atoms with Crippen molar-refractivity contribution < 1.29 is 23.6 Å². The van der Waals surface area contributed by atoms with Gasteiger partial charge in [-0.15, -0.1) is 0 Å². The van der Waals surface area contributed by atoms with Gasteiger partial charge in [0.2, 0.25) is 0 Å². The third-order valence-corrected chi connectivity index (χ3v) is 3.26. The Hall–Kier alpha value is -2.80. The second kappa shape index (κ2) is 8.73. The van der Waals surface area contributed by atoms with Crippen LogP contribution in [0.5, 0.6) is 5.75 Å². The Morgan fingerprint density at radius 1 is 1.17 bits per heavy atom. The van der Waals surface area contributed by atoms with Gasteiger partial charge in [0.25, 0.3) is 5.91 Å². The van der Waals surface area contributed by atoms with E-state index >= 15 is 0 Å². The topological polar surface area (TPSA) is 85.0 Å².